The third-order valence-corrected chi connectivity index (χ3v) is 5.25. The van der Waals surface area contributed by atoms with Gasteiger partial charge in [-0.2, -0.15) is 17.6 Å². The van der Waals surface area contributed by atoms with Gasteiger partial charge in [-0.3, -0.25) is 0 Å². The molecule has 0 unspecified atom stereocenters. The lowest BCUT2D eigenvalue weighted by molar-refractivity contribution is -0.0509. The number of hydrogen-bond donors (Lipinski definition) is 0. The Kier molecular flexibility index (Phi) is 11.8. The molecule has 2 aromatic rings. The van der Waals surface area contributed by atoms with E-state index in [9.17, 15) is 27.2 Å². The van der Waals surface area contributed by atoms with Crippen LogP contribution >= 0.6 is 15.9 Å². The zero-order valence-electron chi connectivity index (χ0n) is 19.5. The Bertz CT molecular complexity index is 1090. The summed E-state index contributed by atoms with van der Waals surface area (Å²) in [6.45, 7) is 0.240. The van der Waals surface area contributed by atoms with Crippen LogP contribution in [-0.4, -0.2) is 47.5 Å². The fourth-order valence-electron chi connectivity index (χ4n) is 2.26. The van der Waals surface area contributed by atoms with Gasteiger partial charge in [0.1, 0.15) is 19.6 Å². The van der Waals surface area contributed by atoms with Gasteiger partial charge in [0.2, 0.25) is 0 Å². The fourth-order valence-corrected chi connectivity index (χ4v) is 3.25. The highest BCUT2D eigenvalue weighted by Crippen LogP contribution is 2.27. The van der Waals surface area contributed by atoms with E-state index in [4.69, 9.17) is 0 Å². The summed E-state index contributed by atoms with van der Waals surface area (Å²) in [7, 11) is 0.809. The van der Waals surface area contributed by atoms with Crippen molar-refractivity contribution >= 4 is 35.9 Å². The number of hydrogen-bond acceptors (Lipinski definition) is 6. The Balaban J connectivity index is 0.000000365. The molecule has 0 amide bonds. The normalized spacial score (nSPS) is 10.5. The van der Waals surface area contributed by atoms with Crippen molar-refractivity contribution in [3.8, 4) is 23.0 Å². The average molecular weight is 579 g/mol. The Morgan fingerprint density at radius 1 is 0.829 bits per heavy atom. The van der Waals surface area contributed by atoms with Gasteiger partial charge in [0.15, 0.2) is 0 Å². The quantitative estimate of drug-likeness (QED) is 0.177. The lowest BCUT2D eigenvalue weighted by Gasteiger charge is -2.09. The second kappa shape index (κ2) is 13.7. The van der Waals surface area contributed by atoms with Gasteiger partial charge in [-0.1, -0.05) is 25.6 Å². The number of carbonyl (C=O) groups excluding carboxylic acids is 2. The van der Waals surface area contributed by atoms with Gasteiger partial charge in [-0.05, 0) is 52.3 Å². The molecular formula is C23H23BrF4O6Si. The van der Waals surface area contributed by atoms with Crippen molar-refractivity contribution in [1.29, 1.82) is 0 Å². The van der Waals surface area contributed by atoms with Crippen molar-refractivity contribution in [1.82, 2.24) is 0 Å². The predicted octanol–water partition coefficient (Wildman–Crippen LogP) is 6.14. The molecule has 2 aromatic carbocycles. The molecule has 0 aromatic heterocycles. The van der Waals surface area contributed by atoms with Crippen molar-refractivity contribution in [2.45, 2.75) is 32.9 Å². The highest BCUT2D eigenvalue weighted by Gasteiger charge is 2.14. The summed E-state index contributed by atoms with van der Waals surface area (Å²) in [5, 5.41) is 0. The van der Waals surface area contributed by atoms with Crippen molar-refractivity contribution in [2.75, 3.05) is 14.2 Å². The molecule has 35 heavy (non-hydrogen) atoms. The van der Waals surface area contributed by atoms with Crippen LogP contribution in [0.15, 0.2) is 40.9 Å². The number of halogens is 5. The molecule has 0 aliphatic heterocycles. The third kappa shape index (κ3) is 10.8. The van der Waals surface area contributed by atoms with Gasteiger partial charge in [0.05, 0.1) is 35.4 Å². The topological polar surface area (TPSA) is 71.1 Å². The van der Waals surface area contributed by atoms with E-state index >= 15 is 0 Å². The van der Waals surface area contributed by atoms with E-state index in [-0.39, 0.29) is 32.7 Å². The Morgan fingerprint density at radius 3 is 1.71 bits per heavy atom. The Morgan fingerprint density at radius 2 is 1.29 bits per heavy atom. The minimum atomic E-state index is -2.94. The van der Waals surface area contributed by atoms with Crippen LogP contribution < -0.4 is 9.47 Å². The molecule has 0 aliphatic rings. The molecule has 0 bridgehead atoms. The van der Waals surface area contributed by atoms with E-state index in [1.165, 1.54) is 50.6 Å². The molecule has 0 saturated heterocycles. The SMILES string of the molecule is COC(=O)c1ccc(OC(F)F)c(Br)c1.COC(=O)c1ccc(OC(F)F)c(C#C[Si](C)(C)C)c1. The molecule has 12 heteroatoms. The Labute approximate surface area is 209 Å². The summed E-state index contributed by atoms with van der Waals surface area (Å²) in [6, 6.07) is 8.02. The van der Waals surface area contributed by atoms with Crippen LogP contribution in [0.4, 0.5) is 17.6 Å². The largest absolute Gasteiger partial charge is 0.465 e. The van der Waals surface area contributed by atoms with Gasteiger partial charge in [-0.25, -0.2) is 9.59 Å². The zero-order valence-corrected chi connectivity index (χ0v) is 22.0. The molecule has 0 atom stereocenters. The van der Waals surface area contributed by atoms with Gasteiger partial charge in [0.25, 0.3) is 0 Å². The molecule has 190 valence electrons. The monoisotopic (exact) mass is 578 g/mol. The number of benzene rings is 2. The standard InChI is InChI=1S/C14H16F2O3Si.C9H7BrF2O3/c1-18-13(17)11-5-6-12(19-14(15)16)10(9-11)7-8-20(2,3)4;1-14-8(13)5-2-3-7(6(10)4-5)15-9(11)12/h5-6,9,14H,1-4H3;2-4,9H,1H3. The molecule has 0 aliphatic carbocycles. The number of ether oxygens (including phenoxy) is 4. The first kappa shape index (κ1) is 30.0. The second-order valence-electron chi connectivity index (χ2n) is 7.60. The molecule has 2 rings (SSSR count). The maximum absolute atomic E-state index is 12.3. The molecule has 0 heterocycles. The maximum atomic E-state index is 12.3. The van der Waals surface area contributed by atoms with Crippen molar-refractivity contribution in [2.24, 2.45) is 0 Å². The number of esters is 2. The van der Waals surface area contributed by atoms with E-state index in [2.05, 4.69) is 46.3 Å². The minimum absolute atomic E-state index is 0.0300. The molecule has 0 N–H and O–H groups in total. The fraction of sp³-hybridized carbons (Fsp3) is 0.304. The van der Waals surface area contributed by atoms with Gasteiger partial charge in [-0.15, -0.1) is 5.54 Å². The van der Waals surface area contributed by atoms with Gasteiger partial charge in [0, 0.05) is 0 Å². The number of alkyl halides is 4. The summed E-state index contributed by atoms with van der Waals surface area (Å²) in [4.78, 5) is 22.5. The predicted molar refractivity (Wildman–Crippen MR) is 127 cm³/mol. The number of carbonyl (C=O) groups is 2. The van der Waals surface area contributed by atoms with Crippen molar-refractivity contribution in [3.63, 3.8) is 0 Å². The smallest absolute Gasteiger partial charge is 0.387 e. The van der Waals surface area contributed by atoms with Crippen LogP contribution in [0.25, 0.3) is 0 Å². The first-order valence-electron chi connectivity index (χ1n) is 9.80. The number of rotatable bonds is 6. The van der Waals surface area contributed by atoms with Crippen molar-refractivity contribution in [3.05, 3.63) is 57.6 Å². The maximum Gasteiger partial charge on any atom is 0.387 e. The van der Waals surface area contributed by atoms with Crippen LogP contribution in [0, 0.1) is 11.5 Å². The molecule has 0 saturated carbocycles. The molecule has 0 spiro atoms. The van der Waals surface area contributed by atoms with Crippen LogP contribution in [0.3, 0.4) is 0 Å². The summed E-state index contributed by atoms with van der Waals surface area (Å²) < 4.78 is 66.4. The van der Waals surface area contributed by atoms with Crippen LogP contribution in [0.5, 0.6) is 11.5 Å². The summed E-state index contributed by atoms with van der Waals surface area (Å²) >= 11 is 3.01. The van der Waals surface area contributed by atoms with E-state index in [1.54, 1.807) is 0 Å². The summed E-state index contributed by atoms with van der Waals surface area (Å²) in [6.07, 6.45) is 0. The lowest BCUT2D eigenvalue weighted by atomic mass is 10.1. The minimum Gasteiger partial charge on any atom is -0.465 e. The van der Waals surface area contributed by atoms with Gasteiger partial charge < -0.3 is 18.9 Å². The number of methoxy groups -OCH3 is 2. The Hall–Kier alpha value is -3.04. The summed E-state index contributed by atoms with van der Waals surface area (Å²) in [5.74, 6) is 1.66. The zero-order chi connectivity index (χ0) is 26.8. The highest BCUT2D eigenvalue weighted by atomic mass is 79.9. The van der Waals surface area contributed by atoms with Crippen LogP contribution in [-0.2, 0) is 9.47 Å². The molecule has 0 radical (unpaired) electrons. The van der Waals surface area contributed by atoms with E-state index in [1.807, 2.05) is 19.6 Å². The molecular weight excluding hydrogens is 556 g/mol. The third-order valence-electron chi connectivity index (χ3n) is 3.76. The lowest BCUT2D eigenvalue weighted by Crippen LogP contribution is -2.16. The van der Waals surface area contributed by atoms with Crippen LogP contribution in [0.2, 0.25) is 19.6 Å². The first-order chi connectivity index (χ1) is 16.3. The van der Waals surface area contributed by atoms with Crippen LogP contribution in [0.1, 0.15) is 26.3 Å². The molecule has 0 fully saturated rings. The second-order valence-corrected chi connectivity index (χ2v) is 13.2. The summed E-state index contributed by atoms with van der Waals surface area (Å²) in [5.41, 5.74) is 3.81. The van der Waals surface area contributed by atoms with Gasteiger partial charge >= 0.3 is 25.2 Å². The van der Waals surface area contributed by atoms with E-state index in [0.717, 1.165) is 0 Å². The van der Waals surface area contributed by atoms with Crippen molar-refractivity contribution < 1.29 is 46.1 Å². The first-order valence-corrected chi connectivity index (χ1v) is 14.1. The average Bonchev–Trinajstić information content (AvgIpc) is 2.77. The van der Waals surface area contributed by atoms with E-state index < -0.39 is 33.2 Å². The molecule has 6 nitrogen and oxygen atoms in total. The van der Waals surface area contributed by atoms with E-state index in [0.29, 0.717) is 0 Å². The highest BCUT2D eigenvalue weighted by molar-refractivity contribution is 9.10.